The maximum Gasteiger partial charge on any atom is 0.259 e. The monoisotopic (exact) mass is 388 g/mol. The smallest absolute Gasteiger partial charge is 0.259 e. The third-order valence-corrected chi connectivity index (χ3v) is 5.53. The summed E-state index contributed by atoms with van der Waals surface area (Å²) in [6, 6.07) is 5.66. The molecule has 1 saturated heterocycles. The van der Waals surface area contributed by atoms with E-state index in [4.69, 9.17) is 4.52 Å². The lowest BCUT2D eigenvalue weighted by Gasteiger charge is -2.22. The summed E-state index contributed by atoms with van der Waals surface area (Å²) in [7, 11) is 0. The molecule has 0 aromatic carbocycles. The first-order chi connectivity index (χ1) is 13.1. The van der Waals surface area contributed by atoms with Crippen LogP contribution >= 0.6 is 11.8 Å². The van der Waals surface area contributed by atoms with Crippen molar-refractivity contribution in [1.29, 1.82) is 0 Å². The van der Waals surface area contributed by atoms with Crippen LogP contribution in [0.2, 0.25) is 0 Å². The van der Waals surface area contributed by atoms with E-state index < -0.39 is 0 Å². The van der Waals surface area contributed by atoms with Crippen molar-refractivity contribution in [3.05, 3.63) is 41.4 Å². The van der Waals surface area contributed by atoms with E-state index in [9.17, 15) is 9.59 Å². The van der Waals surface area contributed by atoms with Crippen molar-refractivity contribution >= 4 is 23.6 Å². The van der Waals surface area contributed by atoms with Gasteiger partial charge >= 0.3 is 0 Å². The molecule has 7 nitrogen and oxygen atoms in total. The fourth-order valence-electron chi connectivity index (χ4n) is 3.12. The highest BCUT2D eigenvalue weighted by molar-refractivity contribution is 7.99. The van der Waals surface area contributed by atoms with E-state index in [0.717, 1.165) is 11.4 Å². The molecule has 2 aromatic heterocycles. The Bertz CT molecular complexity index is 794. The van der Waals surface area contributed by atoms with Gasteiger partial charge < -0.3 is 14.3 Å². The van der Waals surface area contributed by atoms with Gasteiger partial charge in [0, 0.05) is 32.4 Å². The Hall–Kier alpha value is -2.35. The topological polar surface area (TPSA) is 79.5 Å². The average molecular weight is 388 g/mol. The lowest BCUT2D eigenvalue weighted by Crippen LogP contribution is -2.38. The first kappa shape index (κ1) is 19.4. The van der Waals surface area contributed by atoms with Gasteiger partial charge in [0.1, 0.15) is 11.3 Å². The van der Waals surface area contributed by atoms with E-state index in [1.165, 1.54) is 11.8 Å². The minimum Gasteiger partial charge on any atom is -0.361 e. The minimum atomic E-state index is -0.0530. The molecule has 0 N–H and O–H groups in total. The van der Waals surface area contributed by atoms with Gasteiger partial charge in [-0.15, -0.1) is 0 Å². The number of amides is 2. The van der Waals surface area contributed by atoms with Gasteiger partial charge in [0.05, 0.1) is 16.5 Å². The van der Waals surface area contributed by atoms with Crippen LogP contribution in [0, 0.1) is 6.92 Å². The number of aromatic nitrogens is 2. The lowest BCUT2D eigenvalue weighted by molar-refractivity contribution is -0.128. The summed E-state index contributed by atoms with van der Waals surface area (Å²) in [5.74, 6) is 0.939. The van der Waals surface area contributed by atoms with Gasteiger partial charge in [0.2, 0.25) is 5.91 Å². The Balaban J connectivity index is 1.57. The van der Waals surface area contributed by atoms with Crippen molar-refractivity contribution in [2.45, 2.75) is 31.7 Å². The van der Waals surface area contributed by atoms with Gasteiger partial charge in [0.25, 0.3) is 5.91 Å². The Labute approximate surface area is 163 Å². The molecule has 144 valence electrons. The molecular weight excluding hydrogens is 364 g/mol. The molecule has 0 atom stereocenters. The third kappa shape index (κ3) is 4.68. The van der Waals surface area contributed by atoms with Crippen LogP contribution in [0.15, 0.2) is 33.9 Å². The summed E-state index contributed by atoms with van der Waals surface area (Å²) >= 11 is 1.44. The quantitative estimate of drug-likeness (QED) is 0.732. The van der Waals surface area contributed by atoms with Gasteiger partial charge in [0.15, 0.2) is 0 Å². The van der Waals surface area contributed by atoms with Crippen molar-refractivity contribution in [2.24, 2.45) is 0 Å². The second-order valence-electron chi connectivity index (χ2n) is 6.40. The molecule has 1 fully saturated rings. The summed E-state index contributed by atoms with van der Waals surface area (Å²) < 4.78 is 5.19. The zero-order valence-electron chi connectivity index (χ0n) is 15.7. The predicted octanol–water partition coefficient (Wildman–Crippen LogP) is 2.41. The number of nitrogens with zero attached hydrogens (tertiary/aromatic N) is 4. The first-order valence-electron chi connectivity index (χ1n) is 9.16. The molecule has 0 spiro atoms. The van der Waals surface area contributed by atoms with E-state index >= 15 is 0 Å². The van der Waals surface area contributed by atoms with Gasteiger partial charge in [-0.05, 0) is 31.9 Å². The van der Waals surface area contributed by atoms with Crippen LogP contribution in [0.25, 0.3) is 0 Å². The molecule has 3 rings (SSSR count). The van der Waals surface area contributed by atoms with Gasteiger partial charge in [-0.2, -0.15) is 0 Å². The zero-order chi connectivity index (χ0) is 19.2. The summed E-state index contributed by atoms with van der Waals surface area (Å²) in [5.41, 5.74) is 1.27. The van der Waals surface area contributed by atoms with Gasteiger partial charge in [-0.1, -0.05) is 29.9 Å². The number of aryl methyl sites for hydroxylation is 2. The Morgan fingerprint density at radius 1 is 1.19 bits per heavy atom. The fourth-order valence-corrected chi connectivity index (χ4v) is 3.89. The Morgan fingerprint density at radius 3 is 2.70 bits per heavy atom. The van der Waals surface area contributed by atoms with Crippen LogP contribution in [0.5, 0.6) is 0 Å². The molecule has 0 saturated carbocycles. The molecule has 1 aliphatic rings. The molecule has 2 amide bonds. The molecule has 8 heteroatoms. The van der Waals surface area contributed by atoms with Crippen molar-refractivity contribution in [3.63, 3.8) is 0 Å². The maximum absolute atomic E-state index is 12.9. The number of carbonyl (C=O) groups excluding carboxylic acids is 2. The van der Waals surface area contributed by atoms with E-state index in [2.05, 4.69) is 10.1 Å². The molecule has 1 aliphatic heterocycles. The standard InChI is InChI=1S/C19H24N4O3S/c1-3-15-18(14(2)26-21-15)19(25)23-10-6-9-22(11-12-23)17(24)13-27-16-7-4-5-8-20-16/h4-5,7-8H,3,6,9-13H2,1-2H3. The summed E-state index contributed by atoms with van der Waals surface area (Å²) in [6.07, 6.45) is 3.14. The van der Waals surface area contributed by atoms with Crippen LogP contribution in [0.4, 0.5) is 0 Å². The number of hydrogen-bond donors (Lipinski definition) is 0. The van der Waals surface area contributed by atoms with E-state index in [1.54, 1.807) is 18.0 Å². The SMILES string of the molecule is CCc1noc(C)c1C(=O)N1CCCN(C(=O)CSc2ccccn2)CC1. The highest BCUT2D eigenvalue weighted by Crippen LogP contribution is 2.19. The number of thioether (sulfide) groups is 1. The summed E-state index contributed by atoms with van der Waals surface area (Å²) in [4.78, 5) is 33.3. The van der Waals surface area contributed by atoms with Crippen molar-refractivity contribution in [3.8, 4) is 0 Å². The van der Waals surface area contributed by atoms with Crippen LogP contribution < -0.4 is 0 Å². The molecule has 0 aliphatic carbocycles. The third-order valence-electron chi connectivity index (χ3n) is 4.60. The van der Waals surface area contributed by atoms with Crippen LogP contribution in [-0.4, -0.2) is 63.7 Å². The first-order valence-corrected chi connectivity index (χ1v) is 10.1. The van der Waals surface area contributed by atoms with Crippen molar-refractivity contribution < 1.29 is 14.1 Å². The number of hydrogen-bond acceptors (Lipinski definition) is 6. The molecule has 27 heavy (non-hydrogen) atoms. The van der Waals surface area contributed by atoms with Crippen LogP contribution in [0.3, 0.4) is 0 Å². The van der Waals surface area contributed by atoms with Crippen LogP contribution in [-0.2, 0) is 11.2 Å². The van der Waals surface area contributed by atoms with Gasteiger partial charge in [-0.3, -0.25) is 9.59 Å². The van der Waals surface area contributed by atoms with Crippen molar-refractivity contribution in [1.82, 2.24) is 19.9 Å². The number of pyridine rings is 1. The molecule has 0 bridgehead atoms. The maximum atomic E-state index is 12.9. The number of carbonyl (C=O) groups is 2. The largest absolute Gasteiger partial charge is 0.361 e. The Morgan fingerprint density at radius 2 is 1.96 bits per heavy atom. The molecular formula is C19H24N4O3S. The Kier molecular flexibility index (Phi) is 6.49. The highest BCUT2D eigenvalue weighted by Gasteiger charge is 2.27. The van der Waals surface area contributed by atoms with Gasteiger partial charge in [-0.25, -0.2) is 4.98 Å². The molecule has 0 radical (unpaired) electrons. The lowest BCUT2D eigenvalue weighted by atomic mass is 10.1. The van der Waals surface area contributed by atoms with E-state index in [1.807, 2.05) is 30.0 Å². The minimum absolute atomic E-state index is 0.0530. The van der Waals surface area contributed by atoms with E-state index in [-0.39, 0.29) is 11.8 Å². The molecule has 3 heterocycles. The normalized spacial score (nSPS) is 14.9. The van der Waals surface area contributed by atoms with E-state index in [0.29, 0.717) is 55.4 Å². The van der Waals surface area contributed by atoms with Crippen LogP contribution in [0.1, 0.15) is 35.2 Å². The summed E-state index contributed by atoms with van der Waals surface area (Å²) in [6.45, 7) is 6.07. The second-order valence-corrected chi connectivity index (χ2v) is 7.39. The highest BCUT2D eigenvalue weighted by atomic mass is 32.2. The fraction of sp³-hybridized carbons (Fsp3) is 0.474. The molecule has 0 unspecified atom stereocenters. The zero-order valence-corrected chi connectivity index (χ0v) is 16.5. The summed E-state index contributed by atoms with van der Waals surface area (Å²) in [5, 5.41) is 4.81. The van der Waals surface area contributed by atoms with Crippen molar-refractivity contribution in [2.75, 3.05) is 31.9 Å². The number of rotatable bonds is 5. The predicted molar refractivity (Wildman–Crippen MR) is 103 cm³/mol. The molecule has 2 aromatic rings. The second kappa shape index (κ2) is 9.03. The average Bonchev–Trinajstić information content (AvgIpc) is 2.91.